The van der Waals surface area contributed by atoms with Gasteiger partial charge < -0.3 is 0 Å². The Hall–Kier alpha value is -0.960. The topological polar surface area (TPSA) is 29.0 Å². The van der Waals surface area contributed by atoms with Gasteiger partial charge in [0.25, 0.3) is 0 Å². The summed E-state index contributed by atoms with van der Waals surface area (Å²) in [6, 6.07) is 0. The lowest BCUT2D eigenvalue weighted by atomic mass is 9.99. The number of likely N-dealkylation sites (tertiary alicyclic amines) is 1. The lowest BCUT2D eigenvalue weighted by Gasteiger charge is -2.29. The summed E-state index contributed by atoms with van der Waals surface area (Å²) in [5, 5.41) is 0. The molecule has 0 unspecified atom stereocenters. The van der Waals surface area contributed by atoms with Gasteiger partial charge in [-0.3, -0.25) is 4.90 Å². The van der Waals surface area contributed by atoms with Crippen molar-refractivity contribution in [3.63, 3.8) is 0 Å². The highest BCUT2D eigenvalue weighted by molar-refractivity contribution is 5.09. The largest absolute Gasteiger partial charge is 0.296 e. The summed E-state index contributed by atoms with van der Waals surface area (Å²) in [6.07, 6.45) is 6.56. The zero-order valence-electron chi connectivity index (χ0n) is 11.2. The number of aromatic nitrogens is 2. The van der Waals surface area contributed by atoms with Crippen molar-refractivity contribution >= 4 is 0 Å². The summed E-state index contributed by atoms with van der Waals surface area (Å²) in [4.78, 5) is 11.4. The molecule has 2 heterocycles. The van der Waals surface area contributed by atoms with E-state index in [1.807, 2.05) is 12.4 Å². The molecular weight excluding hydrogens is 210 g/mol. The molecule has 1 saturated heterocycles. The van der Waals surface area contributed by atoms with E-state index in [-0.39, 0.29) is 0 Å². The van der Waals surface area contributed by atoms with Crippen molar-refractivity contribution in [1.82, 2.24) is 14.9 Å². The van der Waals surface area contributed by atoms with Crippen LogP contribution in [0.3, 0.4) is 0 Å². The smallest absolute Gasteiger partial charge is 0.142 e. The van der Waals surface area contributed by atoms with Crippen molar-refractivity contribution in [1.29, 1.82) is 0 Å². The van der Waals surface area contributed by atoms with Crippen molar-refractivity contribution in [3.8, 4) is 0 Å². The van der Waals surface area contributed by atoms with Gasteiger partial charge in [0.2, 0.25) is 0 Å². The molecule has 1 fully saturated rings. The first-order valence-corrected chi connectivity index (χ1v) is 6.68. The van der Waals surface area contributed by atoms with E-state index < -0.39 is 0 Å². The van der Waals surface area contributed by atoms with E-state index in [1.165, 1.54) is 31.5 Å². The number of hydrogen-bond acceptors (Lipinski definition) is 3. The summed E-state index contributed by atoms with van der Waals surface area (Å²) in [6.45, 7) is 9.97. The Kier molecular flexibility index (Phi) is 4.11. The second kappa shape index (κ2) is 5.58. The minimum absolute atomic E-state index is 0.514. The summed E-state index contributed by atoms with van der Waals surface area (Å²) >= 11 is 0. The molecule has 94 valence electrons. The molecule has 0 saturated carbocycles. The standard InChI is InChI=1S/C14H23N3/c1-11(2)13-8-15-14(16-9-13)10-17-6-4-12(3)5-7-17/h8-9,11-12H,4-7,10H2,1-3H3. The lowest BCUT2D eigenvalue weighted by Crippen LogP contribution is -2.32. The van der Waals surface area contributed by atoms with Crippen molar-refractivity contribution in [3.05, 3.63) is 23.8 Å². The normalized spacial score (nSPS) is 18.8. The summed E-state index contributed by atoms with van der Waals surface area (Å²) in [5.74, 6) is 2.36. The zero-order chi connectivity index (χ0) is 12.3. The Bertz CT molecular complexity index is 337. The maximum absolute atomic E-state index is 4.46. The van der Waals surface area contributed by atoms with Gasteiger partial charge in [-0.2, -0.15) is 0 Å². The van der Waals surface area contributed by atoms with Gasteiger partial charge >= 0.3 is 0 Å². The van der Waals surface area contributed by atoms with Crippen LogP contribution >= 0.6 is 0 Å². The third-order valence-corrected chi connectivity index (χ3v) is 3.63. The second-order valence-electron chi connectivity index (χ2n) is 5.55. The van der Waals surface area contributed by atoms with E-state index in [1.54, 1.807) is 0 Å². The molecule has 2 rings (SSSR count). The van der Waals surface area contributed by atoms with Gasteiger partial charge in [-0.15, -0.1) is 0 Å². The third-order valence-electron chi connectivity index (χ3n) is 3.63. The number of nitrogens with zero attached hydrogens (tertiary/aromatic N) is 3. The predicted molar refractivity (Wildman–Crippen MR) is 69.8 cm³/mol. The van der Waals surface area contributed by atoms with Gasteiger partial charge in [0.15, 0.2) is 0 Å². The van der Waals surface area contributed by atoms with Crippen LogP contribution in [0.4, 0.5) is 0 Å². The fraction of sp³-hybridized carbons (Fsp3) is 0.714. The Morgan fingerprint density at radius 1 is 1.24 bits per heavy atom. The molecular formula is C14H23N3. The average Bonchev–Trinajstić information content (AvgIpc) is 2.33. The van der Waals surface area contributed by atoms with E-state index in [9.17, 15) is 0 Å². The molecule has 0 aliphatic carbocycles. The molecule has 1 aromatic heterocycles. The SMILES string of the molecule is CC1CCN(Cc2ncc(C(C)C)cn2)CC1. The quantitative estimate of drug-likeness (QED) is 0.804. The van der Waals surface area contributed by atoms with Crippen LogP contribution in [0.15, 0.2) is 12.4 Å². The van der Waals surface area contributed by atoms with Crippen LogP contribution in [0, 0.1) is 5.92 Å². The van der Waals surface area contributed by atoms with Crippen LogP contribution < -0.4 is 0 Å². The number of hydrogen-bond donors (Lipinski definition) is 0. The first-order chi connectivity index (χ1) is 8.15. The van der Waals surface area contributed by atoms with Crippen LogP contribution in [-0.2, 0) is 6.54 Å². The average molecular weight is 233 g/mol. The molecule has 1 aliphatic heterocycles. The Morgan fingerprint density at radius 3 is 2.35 bits per heavy atom. The predicted octanol–water partition coefficient (Wildman–Crippen LogP) is 2.83. The molecule has 3 nitrogen and oxygen atoms in total. The highest BCUT2D eigenvalue weighted by Gasteiger charge is 2.16. The molecule has 0 spiro atoms. The van der Waals surface area contributed by atoms with E-state index in [2.05, 4.69) is 35.6 Å². The molecule has 0 amide bonds. The monoisotopic (exact) mass is 233 g/mol. The Balaban J connectivity index is 1.90. The molecule has 3 heteroatoms. The van der Waals surface area contributed by atoms with Crippen molar-refractivity contribution < 1.29 is 0 Å². The fourth-order valence-corrected chi connectivity index (χ4v) is 2.16. The minimum atomic E-state index is 0.514. The Morgan fingerprint density at radius 2 is 1.82 bits per heavy atom. The van der Waals surface area contributed by atoms with Gasteiger partial charge in [-0.25, -0.2) is 9.97 Å². The van der Waals surface area contributed by atoms with Crippen molar-refractivity contribution in [2.24, 2.45) is 5.92 Å². The van der Waals surface area contributed by atoms with Gasteiger partial charge in [0, 0.05) is 12.4 Å². The highest BCUT2D eigenvalue weighted by Crippen LogP contribution is 2.17. The van der Waals surface area contributed by atoms with E-state index in [0.29, 0.717) is 5.92 Å². The molecule has 0 N–H and O–H groups in total. The first kappa shape index (κ1) is 12.5. The van der Waals surface area contributed by atoms with E-state index in [0.717, 1.165) is 18.3 Å². The maximum atomic E-state index is 4.46. The van der Waals surface area contributed by atoms with Crippen LogP contribution in [0.25, 0.3) is 0 Å². The summed E-state index contributed by atoms with van der Waals surface area (Å²) in [7, 11) is 0. The van der Waals surface area contributed by atoms with Crippen molar-refractivity contribution in [2.45, 2.75) is 46.1 Å². The van der Waals surface area contributed by atoms with Gasteiger partial charge in [0.1, 0.15) is 5.82 Å². The Labute approximate surface area is 104 Å². The van der Waals surface area contributed by atoms with Crippen LogP contribution in [0.1, 0.15) is 50.9 Å². The van der Waals surface area contributed by atoms with Crippen molar-refractivity contribution in [2.75, 3.05) is 13.1 Å². The first-order valence-electron chi connectivity index (χ1n) is 6.68. The van der Waals surface area contributed by atoms with E-state index >= 15 is 0 Å². The fourth-order valence-electron chi connectivity index (χ4n) is 2.16. The van der Waals surface area contributed by atoms with Gasteiger partial charge in [0.05, 0.1) is 6.54 Å². The maximum Gasteiger partial charge on any atom is 0.142 e. The van der Waals surface area contributed by atoms with Gasteiger partial charge in [-0.1, -0.05) is 20.8 Å². The summed E-state index contributed by atoms with van der Waals surface area (Å²) in [5.41, 5.74) is 1.22. The van der Waals surface area contributed by atoms with Crippen LogP contribution in [0.2, 0.25) is 0 Å². The molecule has 0 bridgehead atoms. The number of rotatable bonds is 3. The zero-order valence-corrected chi connectivity index (χ0v) is 11.2. The molecule has 0 atom stereocenters. The van der Waals surface area contributed by atoms with Crippen LogP contribution in [-0.4, -0.2) is 28.0 Å². The molecule has 1 aromatic rings. The minimum Gasteiger partial charge on any atom is -0.296 e. The van der Waals surface area contributed by atoms with Crippen LogP contribution in [0.5, 0.6) is 0 Å². The molecule has 0 aromatic carbocycles. The van der Waals surface area contributed by atoms with Gasteiger partial charge in [-0.05, 0) is 43.3 Å². The van der Waals surface area contributed by atoms with E-state index in [4.69, 9.17) is 0 Å². The highest BCUT2D eigenvalue weighted by atomic mass is 15.1. The summed E-state index contributed by atoms with van der Waals surface area (Å²) < 4.78 is 0. The molecule has 1 aliphatic rings. The lowest BCUT2D eigenvalue weighted by molar-refractivity contribution is 0.181. The molecule has 0 radical (unpaired) electrons. The number of piperidine rings is 1. The second-order valence-corrected chi connectivity index (χ2v) is 5.55. The third kappa shape index (κ3) is 3.50. The molecule has 17 heavy (non-hydrogen) atoms.